The van der Waals surface area contributed by atoms with Crippen molar-refractivity contribution >= 4 is 28.8 Å². The standard InChI is InChI=1S/C29H32N4OS/c1-20-8-6-11-25(21(20)2)31-28(34)24-15-13-23(14-16-24)19-35-29-32-26-12-7-17-30-27(26)33(29)18-22-9-4-3-5-10-22/h3-5,7,9-10,12-17,20-21,25H,6,8,11,18-19H2,1-2H3,(H,31,34)/t20-,21-,25+/m1/s1. The molecule has 0 unspecified atom stereocenters. The lowest BCUT2D eigenvalue weighted by Gasteiger charge is -2.34. The zero-order chi connectivity index (χ0) is 24.2. The van der Waals surface area contributed by atoms with Crippen molar-refractivity contribution in [3.63, 3.8) is 0 Å². The average Bonchev–Trinajstić information content (AvgIpc) is 3.23. The van der Waals surface area contributed by atoms with E-state index in [2.05, 4.69) is 65.1 Å². The minimum Gasteiger partial charge on any atom is -0.349 e. The Morgan fingerprint density at radius 2 is 1.80 bits per heavy atom. The predicted octanol–water partition coefficient (Wildman–Crippen LogP) is 6.33. The van der Waals surface area contributed by atoms with Gasteiger partial charge in [0.25, 0.3) is 5.91 Å². The van der Waals surface area contributed by atoms with Gasteiger partial charge in [0.15, 0.2) is 10.8 Å². The molecule has 2 heterocycles. The van der Waals surface area contributed by atoms with Crippen LogP contribution in [-0.4, -0.2) is 26.5 Å². The van der Waals surface area contributed by atoms with Crippen molar-refractivity contribution in [2.24, 2.45) is 11.8 Å². The van der Waals surface area contributed by atoms with Crippen LogP contribution in [0.25, 0.3) is 11.2 Å². The number of rotatable bonds is 7. The van der Waals surface area contributed by atoms with E-state index in [0.29, 0.717) is 11.8 Å². The van der Waals surface area contributed by atoms with E-state index in [9.17, 15) is 4.79 Å². The van der Waals surface area contributed by atoms with Crippen LogP contribution in [-0.2, 0) is 12.3 Å². The molecule has 1 aliphatic rings. The second kappa shape index (κ2) is 10.6. The molecule has 1 fully saturated rings. The van der Waals surface area contributed by atoms with Crippen molar-refractivity contribution in [1.82, 2.24) is 19.9 Å². The number of pyridine rings is 1. The molecule has 2 aromatic heterocycles. The molecular formula is C29H32N4OS. The van der Waals surface area contributed by atoms with Crippen molar-refractivity contribution in [1.29, 1.82) is 0 Å². The first-order chi connectivity index (χ1) is 17.1. The fourth-order valence-corrected chi connectivity index (χ4v) is 5.85. The van der Waals surface area contributed by atoms with Gasteiger partial charge < -0.3 is 5.32 Å². The maximum Gasteiger partial charge on any atom is 0.251 e. The number of nitrogens with one attached hydrogen (secondary N) is 1. The Kier molecular flexibility index (Phi) is 7.19. The smallest absolute Gasteiger partial charge is 0.251 e. The Hall–Kier alpha value is -3.12. The summed E-state index contributed by atoms with van der Waals surface area (Å²) >= 11 is 1.70. The summed E-state index contributed by atoms with van der Waals surface area (Å²) in [5.74, 6) is 1.99. The summed E-state index contributed by atoms with van der Waals surface area (Å²) in [5, 5.41) is 4.22. The molecule has 1 N–H and O–H groups in total. The van der Waals surface area contributed by atoms with Gasteiger partial charge in [0.05, 0.1) is 6.54 Å². The number of fused-ring (bicyclic) bond motifs is 1. The molecule has 0 spiro atoms. The summed E-state index contributed by atoms with van der Waals surface area (Å²) in [6, 6.07) is 22.6. The Balaban J connectivity index is 1.26. The van der Waals surface area contributed by atoms with Gasteiger partial charge in [-0.25, -0.2) is 9.97 Å². The van der Waals surface area contributed by atoms with Crippen molar-refractivity contribution in [2.75, 3.05) is 0 Å². The molecule has 35 heavy (non-hydrogen) atoms. The molecule has 5 rings (SSSR count). The van der Waals surface area contributed by atoms with Crippen LogP contribution in [0.3, 0.4) is 0 Å². The molecule has 0 radical (unpaired) electrons. The van der Waals surface area contributed by atoms with Crippen LogP contribution in [0.4, 0.5) is 0 Å². The van der Waals surface area contributed by atoms with E-state index in [-0.39, 0.29) is 11.9 Å². The van der Waals surface area contributed by atoms with Gasteiger partial charge in [-0.05, 0) is 53.6 Å². The Morgan fingerprint density at radius 3 is 2.60 bits per heavy atom. The summed E-state index contributed by atoms with van der Waals surface area (Å²) in [7, 11) is 0. The van der Waals surface area contributed by atoms with Crippen LogP contribution in [0.15, 0.2) is 78.1 Å². The summed E-state index contributed by atoms with van der Waals surface area (Å²) in [6.45, 7) is 5.28. The highest BCUT2D eigenvalue weighted by Gasteiger charge is 2.28. The third-order valence-electron chi connectivity index (χ3n) is 7.26. The van der Waals surface area contributed by atoms with Crippen LogP contribution in [0.1, 0.15) is 54.6 Å². The molecule has 1 saturated carbocycles. The molecule has 0 saturated heterocycles. The monoisotopic (exact) mass is 484 g/mol. The number of thioether (sulfide) groups is 1. The summed E-state index contributed by atoms with van der Waals surface area (Å²) in [6.07, 6.45) is 5.34. The van der Waals surface area contributed by atoms with Crippen LogP contribution in [0.2, 0.25) is 0 Å². The third-order valence-corrected chi connectivity index (χ3v) is 8.31. The van der Waals surface area contributed by atoms with E-state index in [0.717, 1.165) is 46.2 Å². The van der Waals surface area contributed by atoms with E-state index in [4.69, 9.17) is 4.98 Å². The zero-order valence-corrected chi connectivity index (χ0v) is 21.2. The van der Waals surface area contributed by atoms with Gasteiger partial charge in [0.1, 0.15) is 5.52 Å². The number of nitrogens with zero attached hydrogens (tertiary/aromatic N) is 3. The average molecular weight is 485 g/mol. The lowest BCUT2D eigenvalue weighted by molar-refractivity contribution is 0.0891. The number of aromatic nitrogens is 3. The largest absolute Gasteiger partial charge is 0.349 e. The topological polar surface area (TPSA) is 59.8 Å². The molecular weight excluding hydrogens is 452 g/mol. The molecule has 3 atom stereocenters. The number of carbonyl (C=O) groups excluding carboxylic acids is 1. The van der Waals surface area contributed by atoms with Crippen molar-refractivity contribution in [3.8, 4) is 0 Å². The Bertz CT molecular complexity index is 1290. The van der Waals surface area contributed by atoms with Crippen LogP contribution in [0, 0.1) is 11.8 Å². The number of benzene rings is 2. The van der Waals surface area contributed by atoms with Gasteiger partial charge in [-0.3, -0.25) is 9.36 Å². The van der Waals surface area contributed by atoms with Crippen molar-refractivity contribution < 1.29 is 4.79 Å². The highest BCUT2D eigenvalue weighted by Crippen LogP contribution is 2.30. The normalized spacial score (nSPS) is 20.1. The number of hydrogen-bond acceptors (Lipinski definition) is 4. The van der Waals surface area contributed by atoms with E-state index < -0.39 is 0 Å². The number of carbonyl (C=O) groups is 1. The summed E-state index contributed by atoms with van der Waals surface area (Å²) in [5.41, 5.74) is 4.92. The SMILES string of the molecule is C[C@@H]1[C@H](C)CCC[C@@H]1NC(=O)c1ccc(CSc2nc3cccnc3n2Cc2ccccc2)cc1. The van der Waals surface area contributed by atoms with Gasteiger partial charge in [-0.15, -0.1) is 0 Å². The van der Waals surface area contributed by atoms with Crippen LogP contribution < -0.4 is 5.32 Å². The molecule has 2 aromatic carbocycles. The van der Waals surface area contributed by atoms with Gasteiger partial charge >= 0.3 is 0 Å². The maximum absolute atomic E-state index is 12.8. The Morgan fingerprint density at radius 1 is 1.00 bits per heavy atom. The first-order valence-corrected chi connectivity index (χ1v) is 13.4. The quantitative estimate of drug-likeness (QED) is 0.312. The van der Waals surface area contributed by atoms with Crippen LogP contribution in [0.5, 0.6) is 0 Å². The molecule has 1 amide bonds. The van der Waals surface area contributed by atoms with Crippen LogP contribution >= 0.6 is 11.8 Å². The predicted molar refractivity (Wildman–Crippen MR) is 143 cm³/mol. The fourth-order valence-electron chi connectivity index (χ4n) is 4.89. The van der Waals surface area contributed by atoms with E-state index >= 15 is 0 Å². The molecule has 180 valence electrons. The first-order valence-electron chi connectivity index (χ1n) is 12.5. The molecule has 0 aliphatic heterocycles. The van der Waals surface area contributed by atoms with E-state index in [1.807, 2.05) is 36.5 Å². The van der Waals surface area contributed by atoms with Crippen molar-refractivity contribution in [3.05, 3.63) is 89.6 Å². The highest BCUT2D eigenvalue weighted by molar-refractivity contribution is 7.98. The third kappa shape index (κ3) is 5.43. The van der Waals surface area contributed by atoms with Gasteiger partial charge in [-0.1, -0.05) is 80.9 Å². The fraction of sp³-hybridized carbons (Fsp3) is 0.345. The molecule has 5 nitrogen and oxygen atoms in total. The first kappa shape index (κ1) is 23.6. The van der Waals surface area contributed by atoms with Gasteiger partial charge in [0, 0.05) is 23.6 Å². The second-order valence-electron chi connectivity index (χ2n) is 9.65. The second-order valence-corrected chi connectivity index (χ2v) is 10.6. The minimum absolute atomic E-state index is 0.0332. The van der Waals surface area contributed by atoms with E-state index in [1.165, 1.54) is 18.4 Å². The number of amides is 1. The lowest BCUT2D eigenvalue weighted by Crippen LogP contribution is -2.43. The maximum atomic E-state index is 12.8. The molecule has 1 aliphatic carbocycles. The molecule has 4 aromatic rings. The Labute approximate surface area is 211 Å². The number of imidazole rings is 1. The molecule has 0 bridgehead atoms. The summed E-state index contributed by atoms with van der Waals surface area (Å²) in [4.78, 5) is 22.3. The summed E-state index contributed by atoms with van der Waals surface area (Å²) < 4.78 is 2.18. The zero-order valence-electron chi connectivity index (χ0n) is 20.4. The number of hydrogen-bond donors (Lipinski definition) is 1. The van der Waals surface area contributed by atoms with Gasteiger partial charge in [-0.2, -0.15) is 0 Å². The van der Waals surface area contributed by atoms with Gasteiger partial charge in [0.2, 0.25) is 0 Å². The lowest BCUT2D eigenvalue weighted by atomic mass is 9.78. The minimum atomic E-state index is 0.0332. The highest BCUT2D eigenvalue weighted by atomic mass is 32.2. The molecule has 6 heteroatoms. The van der Waals surface area contributed by atoms with E-state index in [1.54, 1.807) is 11.8 Å². The van der Waals surface area contributed by atoms with Crippen molar-refractivity contribution in [2.45, 2.75) is 56.6 Å².